The van der Waals surface area contributed by atoms with Gasteiger partial charge in [-0.05, 0) is 37.6 Å². The molecule has 4 heteroatoms. The summed E-state index contributed by atoms with van der Waals surface area (Å²) in [5, 5.41) is 0. The van der Waals surface area contributed by atoms with Gasteiger partial charge in [0.1, 0.15) is 11.6 Å². The van der Waals surface area contributed by atoms with E-state index in [2.05, 4.69) is 15.6 Å². The largest absolute Gasteiger partial charge is 0.493 e. The molecule has 3 aromatic rings. The monoisotopic (exact) mass is 281 g/mol. The molecule has 1 aromatic heterocycles. The Balaban J connectivity index is 1.61. The number of fused-ring (bicyclic) bond motifs is 1. The molecule has 0 fully saturated rings. The highest BCUT2D eigenvalue weighted by molar-refractivity contribution is 5.75. The maximum Gasteiger partial charge on any atom is 0.121 e. The minimum atomic E-state index is 0.662. The van der Waals surface area contributed by atoms with Crippen LogP contribution in [0.4, 0.5) is 5.69 Å². The fraction of sp³-hybridized carbons (Fsp3) is 0.235. The second-order valence-electron chi connectivity index (χ2n) is 5.07. The van der Waals surface area contributed by atoms with Crippen LogP contribution in [0.2, 0.25) is 0 Å². The van der Waals surface area contributed by atoms with Gasteiger partial charge < -0.3 is 15.0 Å². The number of hydrogen-bond donors (Lipinski definition) is 1. The number of imidazole rings is 1. The maximum atomic E-state index is 5.73. The summed E-state index contributed by atoms with van der Waals surface area (Å²) in [5.41, 5.74) is 8.68. The number of hydrogen-bond acceptors (Lipinski definition) is 3. The van der Waals surface area contributed by atoms with Crippen LogP contribution in [0.3, 0.4) is 0 Å². The number of nitrogens with zero attached hydrogens (tertiary/aromatic N) is 2. The standard InChI is InChI=1S/C17H19N3O/c1-13-19-16-8-2-3-9-17(16)20(13)10-5-11-21-15-7-4-6-14(18)12-15/h2-4,6-9,12H,5,10-11,18H2,1H3. The summed E-state index contributed by atoms with van der Waals surface area (Å²) in [7, 11) is 0. The summed E-state index contributed by atoms with van der Waals surface area (Å²) in [4.78, 5) is 4.57. The van der Waals surface area contributed by atoms with Gasteiger partial charge in [-0.3, -0.25) is 0 Å². The number of para-hydroxylation sites is 2. The highest BCUT2D eigenvalue weighted by atomic mass is 16.5. The lowest BCUT2D eigenvalue weighted by Gasteiger charge is -2.09. The van der Waals surface area contributed by atoms with Gasteiger partial charge in [-0.1, -0.05) is 18.2 Å². The van der Waals surface area contributed by atoms with E-state index in [-0.39, 0.29) is 0 Å². The zero-order chi connectivity index (χ0) is 14.7. The molecular formula is C17H19N3O. The van der Waals surface area contributed by atoms with Crippen LogP contribution in [0.1, 0.15) is 12.2 Å². The van der Waals surface area contributed by atoms with Crippen molar-refractivity contribution in [3.05, 3.63) is 54.4 Å². The van der Waals surface area contributed by atoms with E-state index in [0.717, 1.165) is 35.7 Å². The van der Waals surface area contributed by atoms with Crippen LogP contribution in [0.15, 0.2) is 48.5 Å². The lowest BCUT2D eigenvalue weighted by molar-refractivity contribution is 0.302. The predicted molar refractivity (Wildman–Crippen MR) is 85.4 cm³/mol. The Morgan fingerprint density at radius 3 is 2.86 bits per heavy atom. The van der Waals surface area contributed by atoms with Crippen molar-refractivity contribution in [1.29, 1.82) is 0 Å². The first-order valence-corrected chi connectivity index (χ1v) is 7.14. The van der Waals surface area contributed by atoms with Crippen LogP contribution in [0.5, 0.6) is 5.75 Å². The molecule has 0 bridgehead atoms. The number of ether oxygens (including phenoxy) is 1. The molecular weight excluding hydrogens is 262 g/mol. The molecule has 2 N–H and O–H groups in total. The average molecular weight is 281 g/mol. The highest BCUT2D eigenvalue weighted by Crippen LogP contribution is 2.17. The molecule has 0 spiro atoms. The smallest absolute Gasteiger partial charge is 0.121 e. The zero-order valence-corrected chi connectivity index (χ0v) is 12.1. The molecule has 0 unspecified atom stereocenters. The van der Waals surface area contributed by atoms with Crippen molar-refractivity contribution in [3.8, 4) is 5.75 Å². The fourth-order valence-electron chi connectivity index (χ4n) is 2.50. The number of nitrogens with two attached hydrogens (primary N) is 1. The third-order valence-electron chi connectivity index (χ3n) is 3.50. The van der Waals surface area contributed by atoms with Crippen LogP contribution in [0, 0.1) is 6.92 Å². The van der Waals surface area contributed by atoms with E-state index in [0.29, 0.717) is 6.61 Å². The SMILES string of the molecule is Cc1nc2ccccc2n1CCCOc1cccc(N)c1. The van der Waals surface area contributed by atoms with Gasteiger partial charge >= 0.3 is 0 Å². The fourth-order valence-corrected chi connectivity index (χ4v) is 2.50. The summed E-state index contributed by atoms with van der Waals surface area (Å²) in [6.45, 7) is 3.60. The van der Waals surface area contributed by atoms with Crippen LogP contribution >= 0.6 is 0 Å². The third-order valence-corrected chi connectivity index (χ3v) is 3.50. The lowest BCUT2D eigenvalue weighted by atomic mass is 10.3. The number of anilines is 1. The number of nitrogen functional groups attached to an aromatic ring is 1. The normalized spacial score (nSPS) is 10.9. The Morgan fingerprint density at radius 2 is 2.00 bits per heavy atom. The predicted octanol–water partition coefficient (Wildman–Crippen LogP) is 3.40. The highest BCUT2D eigenvalue weighted by Gasteiger charge is 2.06. The van der Waals surface area contributed by atoms with E-state index >= 15 is 0 Å². The van der Waals surface area contributed by atoms with Gasteiger partial charge in [-0.2, -0.15) is 0 Å². The minimum Gasteiger partial charge on any atom is -0.493 e. The molecule has 0 aliphatic carbocycles. The topological polar surface area (TPSA) is 53.1 Å². The first-order valence-electron chi connectivity index (χ1n) is 7.14. The molecule has 4 nitrogen and oxygen atoms in total. The number of aryl methyl sites for hydroxylation is 2. The van der Waals surface area contributed by atoms with Gasteiger partial charge in [0.2, 0.25) is 0 Å². The Kier molecular flexibility index (Phi) is 3.77. The van der Waals surface area contributed by atoms with Gasteiger partial charge in [0.25, 0.3) is 0 Å². The Bertz CT molecular complexity index is 749. The number of aromatic nitrogens is 2. The van der Waals surface area contributed by atoms with Crippen molar-refractivity contribution >= 4 is 16.7 Å². The lowest BCUT2D eigenvalue weighted by Crippen LogP contribution is -2.06. The van der Waals surface area contributed by atoms with Crippen molar-refractivity contribution in [1.82, 2.24) is 9.55 Å². The van der Waals surface area contributed by atoms with Crippen molar-refractivity contribution in [2.45, 2.75) is 19.9 Å². The van der Waals surface area contributed by atoms with Gasteiger partial charge in [-0.15, -0.1) is 0 Å². The molecule has 3 rings (SSSR count). The van der Waals surface area contributed by atoms with Gasteiger partial charge in [0.15, 0.2) is 0 Å². The Hall–Kier alpha value is -2.49. The molecule has 1 heterocycles. The molecule has 0 radical (unpaired) electrons. The third kappa shape index (κ3) is 2.99. The van der Waals surface area contributed by atoms with Crippen LogP contribution in [-0.4, -0.2) is 16.2 Å². The molecule has 2 aromatic carbocycles. The first kappa shape index (κ1) is 13.5. The van der Waals surface area contributed by atoms with Gasteiger partial charge in [0.05, 0.1) is 17.6 Å². The van der Waals surface area contributed by atoms with E-state index in [1.165, 1.54) is 5.52 Å². The van der Waals surface area contributed by atoms with E-state index < -0.39 is 0 Å². The van der Waals surface area contributed by atoms with Crippen molar-refractivity contribution in [2.24, 2.45) is 0 Å². The summed E-state index contributed by atoms with van der Waals surface area (Å²) >= 11 is 0. The van der Waals surface area contributed by atoms with Crippen molar-refractivity contribution in [2.75, 3.05) is 12.3 Å². The molecule has 0 atom stereocenters. The Labute approximate surface area is 124 Å². The molecule has 0 saturated heterocycles. The molecule has 0 aliphatic heterocycles. The molecule has 0 amide bonds. The second kappa shape index (κ2) is 5.87. The van der Waals surface area contributed by atoms with Gasteiger partial charge in [0, 0.05) is 18.3 Å². The van der Waals surface area contributed by atoms with E-state index in [1.807, 2.05) is 49.4 Å². The molecule has 108 valence electrons. The van der Waals surface area contributed by atoms with Crippen molar-refractivity contribution in [3.63, 3.8) is 0 Å². The number of rotatable bonds is 5. The maximum absolute atomic E-state index is 5.73. The van der Waals surface area contributed by atoms with Crippen LogP contribution in [0.25, 0.3) is 11.0 Å². The summed E-state index contributed by atoms with van der Waals surface area (Å²) in [6, 6.07) is 15.7. The summed E-state index contributed by atoms with van der Waals surface area (Å²) < 4.78 is 7.96. The van der Waals surface area contributed by atoms with Gasteiger partial charge in [-0.25, -0.2) is 4.98 Å². The van der Waals surface area contributed by atoms with E-state index in [9.17, 15) is 0 Å². The summed E-state index contributed by atoms with van der Waals surface area (Å²) in [6.07, 6.45) is 0.927. The van der Waals surface area contributed by atoms with Crippen LogP contribution < -0.4 is 10.5 Å². The van der Waals surface area contributed by atoms with Crippen LogP contribution in [-0.2, 0) is 6.54 Å². The zero-order valence-electron chi connectivity index (χ0n) is 12.1. The summed E-state index contributed by atoms with van der Waals surface area (Å²) in [5.74, 6) is 1.86. The Morgan fingerprint density at radius 1 is 1.14 bits per heavy atom. The molecule has 0 aliphatic rings. The molecule has 0 saturated carbocycles. The van der Waals surface area contributed by atoms with Crippen molar-refractivity contribution < 1.29 is 4.74 Å². The minimum absolute atomic E-state index is 0.662. The van der Waals surface area contributed by atoms with E-state index in [1.54, 1.807) is 0 Å². The first-order chi connectivity index (χ1) is 10.2. The average Bonchev–Trinajstić information content (AvgIpc) is 2.79. The molecule has 21 heavy (non-hydrogen) atoms. The van der Waals surface area contributed by atoms with E-state index in [4.69, 9.17) is 10.5 Å². The second-order valence-corrected chi connectivity index (χ2v) is 5.07. The number of benzene rings is 2. The quantitative estimate of drug-likeness (QED) is 0.576.